The van der Waals surface area contributed by atoms with Crippen LogP contribution < -0.4 is 0 Å². The van der Waals surface area contributed by atoms with Crippen LogP contribution in [0.25, 0.3) is 0 Å². The second kappa shape index (κ2) is 10.3. The highest BCUT2D eigenvalue weighted by Gasteiger charge is 2.40. The average Bonchev–Trinajstić information content (AvgIpc) is 2.52. The Morgan fingerprint density at radius 2 is 1.52 bits per heavy atom. The molecule has 0 heterocycles. The number of allylic oxidation sites excluding steroid dienone is 6. The lowest BCUT2D eigenvalue weighted by Gasteiger charge is -2.40. The molecular weight excluding hydrogens is 350 g/mol. The van der Waals surface area contributed by atoms with Crippen molar-refractivity contribution in [3.8, 4) is 6.07 Å². The molecule has 0 bridgehead atoms. The molecule has 0 saturated carbocycles. The molecule has 0 aromatic heterocycles. The first-order valence-electron chi connectivity index (χ1n) is 9.98. The number of nitriles is 1. The van der Waals surface area contributed by atoms with Gasteiger partial charge in [-0.1, -0.05) is 54.9 Å². The largest absolute Gasteiger partial charge is 0.311 e. The van der Waals surface area contributed by atoms with Crippen LogP contribution >= 0.6 is 10.3 Å². The lowest BCUT2D eigenvalue weighted by Crippen LogP contribution is -2.36. The van der Waals surface area contributed by atoms with Gasteiger partial charge in [-0.15, -0.1) is 10.3 Å². The molecule has 152 valence electrons. The van der Waals surface area contributed by atoms with E-state index >= 15 is 0 Å². The van der Waals surface area contributed by atoms with Crippen LogP contribution in [0.15, 0.2) is 46.6 Å². The standard InChI is InChI=1S/C24H39NOS/c1-19(2)23-16-15-21(4)13-9-11-20(3)12-10-14-22(5)17-24(23,18-25)26-27(6,7)8/h11,14-16,19H,9-10,12-13,17H2,1-8H3/b20-11+,21-15+,22-14+,23-16-. The van der Waals surface area contributed by atoms with Crippen LogP contribution in [0.3, 0.4) is 0 Å². The SMILES string of the molecule is C/C1=C\C=C(\C(C)C)C(C#N)(OS(C)(C)C)C/C(C)=C/CC/C(C)=C/CC1. The number of hydrogen-bond donors (Lipinski definition) is 0. The van der Waals surface area contributed by atoms with Crippen LogP contribution in [0.2, 0.25) is 0 Å². The van der Waals surface area contributed by atoms with Gasteiger partial charge in [0.25, 0.3) is 0 Å². The summed E-state index contributed by atoms with van der Waals surface area (Å²) in [5.41, 5.74) is 4.22. The summed E-state index contributed by atoms with van der Waals surface area (Å²) in [6.45, 7) is 10.9. The van der Waals surface area contributed by atoms with Gasteiger partial charge in [0.2, 0.25) is 0 Å². The molecule has 0 saturated heterocycles. The third-order valence-corrected chi connectivity index (χ3v) is 5.58. The molecule has 0 radical (unpaired) electrons. The maximum atomic E-state index is 10.3. The van der Waals surface area contributed by atoms with Gasteiger partial charge in [-0.25, -0.2) is 0 Å². The van der Waals surface area contributed by atoms with E-state index in [1.165, 1.54) is 16.7 Å². The van der Waals surface area contributed by atoms with Crippen molar-refractivity contribution in [1.29, 1.82) is 5.26 Å². The molecule has 0 aliphatic heterocycles. The fourth-order valence-corrected chi connectivity index (χ4v) is 4.54. The maximum absolute atomic E-state index is 10.3. The summed E-state index contributed by atoms with van der Waals surface area (Å²) < 4.78 is 6.55. The topological polar surface area (TPSA) is 33.0 Å². The first-order valence-corrected chi connectivity index (χ1v) is 12.8. The summed E-state index contributed by atoms with van der Waals surface area (Å²) in [6, 6.07) is 2.59. The van der Waals surface area contributed by atoms with E-state index in [1.807, 2.05) is 0 Å². The van der Waals surface area contributed by atoms with E-state index in [1.54, 1.807) is 0 Å². The Hall–Kier alpha value is -1.24. The minimum absolute atomic E-state index is 0.248. The van der Waals surface area contributed by atoms with Gasteiger partial charge in [-0.2, -0.15) is 5.26 Å². The van der Waals surface area contributed by atoms with Gasteiger partial charge in [0.1, 0.15) is 6.07 Å². The normalized spacial score (nSPS) is 31.9. The smallest absolute Gasteiger partial charge is 0.191 e. The predicted molar refractivity (Wildman–Crippen MR) is 122 cm³/mol. The number of nitrogens with zero attached hydrogens (tertiary/aromatic N) is 1. The van der Waals surface area contributed by atoms with E-state index in [2.05, 4.69) is 83.8 Å². The molecule has 1 rings (SSSR count). The number of hydrogen-bond acceptors (Lipinski definition) is 2. The molecule has 0 aromatic carbocycles. The zero-order chi connectivity index (χ0) is 20.7. The molecule has 1 aliphatic carbocycles. The Morgan fingerprint density at radius 1 is 0.963 bits per heavy atom. The zero-order valence-electron chi connectivity index (χ0n) is 18.7. The second-order valence-electron chi connectivity index (χ2n) is 8.89. The first kappa shape index (κ1) is 23.8. The van der Waals surface area contributed by atoms with Crippen LogP contribution in [-0.2, 0) is 4.18 Å². The minimum Gasteiger partial charge on any atom is -0.311 e. The van der Waals surface area contributed by atoms with Gasteiger partial charge in [0.15, 0.2) is 5.60 Å². The lowest BCUT2D eigenvalue weighted by atomic mass is 9.81. The highest BCUT2D eigenvalue weighted by atomic mass is 32.3. The van der Waals surface area contributed by atoms with Gasteiger partial charge < -0.3 is 4.18 Å². The molecule has 0 spiro atoms. The van der Waals surface area contributed by atoms with Crippen molar-refractivity contribution >= 4 is 10.3 Å². The molecule has 1 aliphatic rings. The van der Waals surface area contributed by atoms with Crippen LogP contribution in [0.4, 0.5) is 0 Å². The summed E-state index contributed by atoms with van der Waals surface area (Å²) in [6.07, 6.45) is 20.2. The fraction of sp³-hybridized carbons (Fsp3) is 0.625. The molecule has 1 unspecified atom stereocenters. The van der Waals surface area contributed by atoms with Crippen molar-refractivity contribution in [1.82, 2.24) is 0 Å². The van der Waals surface area contributed by atoms with Gasteiger partial charge in [0, 0.05) is 6.42 Å². The lowest BCUT2D eigenvalue weighted by molar-refractivity contribution is 0.182. The van der Waals surface area contributed by atoms with Crippen LogP contribution in [0, 0.1) is 17.2 Å². The highest BCUT2D eigenvalue weighted by molar-refractivity contribution is 8.28. The van der Waals surface area contributed by atoms with E-state index in [-0.39, 0.29) is 5.92 Å². The first-order chi connectivity index (χ1) is 12.5. The fourth-order valence-electron chi connectivity index (χ4n) is 3.50. The monoisotopic (exact) mass is 389 g/mol. The maximum Gasteiger partial charge on any atom is 0.191 e. The van der Waals surface area contributed by atoms with E-state index in [4.69, 9.17) is 4.18 Å². The van der Waals surface area contributed by atoms with E-state index < -0.39 is 15.9 Å². The third kappa shape index (κ3) is 8.11. The van der Waals surface area contributed by atoms with Crippen molar-refractivity contribution in [2.24, 2.45) is 5.92 Å². The van der Waals surface area contributed by atoms with E-state index in [0.29, 0.717) is 6.42 Å². The molecule has 2 nitrogen and oxygen atoms in total. The summed E-state index contributed by atoms with van der Waals surface area (Å²) >= 11 is 0. The molecular formula is C24H39NOS. The van der Waals surface area contributed by atoms with Gasteiger partial charge >= 0.3 is 0 Å². The summed E-state index contributed by atoms with van der Waals surface area (Å²) in [5.74, 6) is 0.248. The quantitative estimate of drug-likeness (QED) is 0.476. The van der Waals surface area contributed by atoms with Crippen molar-refractivity contribution in [3.63, 3.8) is 0 Å². The summed E-state index contributed by atoms with van der Waals surface area (Å²) in [4.78, 5) is 0. The Kier molecular flexibility index (Phi) is 9.12. The second-order valence-corrected chi connectivity index (χ2v) is 12.5. The molecule has 27 heavy (non-hydrogen) atoms. The van der Waals surface area contributed by atoms with Crippen molar-refractivity contribution < 1.29 is 4.18 Å². The van der Waals surface area contributed by atoms with Crippen LogP contribution in [-0.4, -0.2) is 24.4 Å². The van der Waals surface area contributed by atoms with Gasteiger partial charge in [-0.05, 0) is 76.7 Å². The molecule has 0 N–H and O–H groups in total. The summed E-state index contributed by atoms with van der Waals surface area (Å²) in [5, 5.41) is 10.3. The summed E-state index contributed by atoms with van der Waals surface area (Å²) in [7, 11) is -1.31. The highest BCUT2D eigenvalue weighted by Crippen LogP contribution is 2.47. The van der Waals surface area contributed by atoms with Gasteiger partial charge in [0.05, 0.1) is 0 Å². The molecule has 1 atom stereocenters. The Balaban J connectivity index is 3.51. The average molecular weight is 390 g/mol. The Bertz CT molecular complexity index is 667. The molecule has 0 aromatic rings. The van der Waals surface area contributed by atoms with Crippen molar-refractivity contribution in [3.05, 3.63) is 46.6 Å². The zero-order valence-corrected chi connectivity index (χ0v) is 19.5. The molecule has 0 fully saturated rings. The van der Waals surface area contributed by atoms with E-state index in [0.717, 1.165) is 31.3 Å². The minimum atomic E-state index is -1.31. The molecule has 0 amide bonds. The van der Waals surface area contributed by atoms with Crippen LogP contribution in [0.1, 0.15) is 66.7 Å². The predicted octanol–water partition coefficient (Wildman–Crippen LogP) is 7.26. The van der Waals surface area contributed by atoms with Crippen molar-refractivity contribution in [2.45, 2.75) is 72.3 Å². The third-order valence-electron chi connectivity index (χ3n) is 4.80. The van der Waals surface area contributed by atoms with Crippen LogP contribution in [0.5, 0.6) is 0 Å². The van der Waals surface area contributed by atoms with E-state index in [9.17, 15) is 5.26 Å². The van der Waals surface area contributed by atoms with Gasteiger partial charge in [-0.3, -0.25) is 0 Å². The Morgan fingerprint density at radius 3 is 2.04 bits per heavy atom. The van der Waals surface area contributed by atoms with Crippen molar-refractivity contribution in [2.75, 3.05) is 18.8 Å². The Labute approximate surface area is 169 Å². The number of rotatable bonds is 3. The molecule has 3 heteroatoms.